The van der Waals surface area contributed by atoms with Crippen molar-refractivity contribution in [3.05, 3.63) is 23.7 Å². The number of pyridine rings is 1. The van der Waals surface area contributed by atoms with Crippen LogP contribution in [0.15, 0.2) is 23.7 Å². The van der Waals surface area contributed by atoms with E-state index in [-0.39, 0.29) is 12.6 Å². The van der Waals surface area contributed by atoms with Crippen LogP contribution in [0, 0.1) is 0 Å². The normalized spacial score (nSPS) is 12.9. The van der Waals surface area contributed by atoms with Crippen LogP contribution in [0.25, 0.3) is 10.1 Å². The van der Waals surface area contributed by atoms with Gasteiger partial charge in [-0.15, -0.1) is 11.3 Å². The highest BCUT2D eigenvalue weighted by atomic mass is 32.1. The van der Waals surface area contributed by atoms with Crippen LogP contribution in [0.5, 0.6) is 0 Å². The molecule has 0 saturated heterocycles. The number of hydrogen-bond donors (Lipinski definition) is 2. The molecule has 1 unspecified atom stereocenters. The minimum absolute atomic E-state index is 0.202. The van der Waals surface area contributed by atoms with E-state index in [4.69, 9.17) is 5.11 Å². The van der Waals surface area contributed by atoms with E-state index in [9.17, 15) is 0 Å². The highest BCUT2D eigenvalue weighted by molar-refractivity contribution is 7.17. The largest absolute Gasteiger partial charge is 0.396 e. The molecule has 0 radical (unpaired) electrons. The van der Waals surface area contributed by atoms with Gasteiger partial charge in [0.05, 0.1) is 0 Å². The topological polar surface area (TPSA) is 45.1 Å². The molecule has 0 bridgehead atoms. The Morgan fingerprint density at radius 3 is 3.20 bits per heavy atom. The molecule has 1 atom stereocenters. The molecule has 2 rings (SSSR count). The second-order valence-corrected chi connectivity index (χ2v) is 4.50. The summed E-state index contributed by atoms with van der Waals surface area (Å²) in [6.07, 6.45) is 2.55. The van der Waals surface area contributed by atoms with Crippen molar-refractivity contribution < 1.29 is 5.11 Å². The number of nitrogens with zero attached hydrogens (tertiary/aromatic N) is 1. The fourth-order valence-electron chi connectivity index (χ4n) is 1.51. The number of thiophene rings is 1. The molecule has 2 heterocycles. The molecule has 2 N–H and O–H groups in total. The van der Waals surface area contributed by atoms with E-state index >= 15 is 0 Å². The van der Waals surface area contributed by atoms with Gasteiger partial charge in [0.2, 0.25) is 0 Å². The van der Waals surface area contributed by atoms with Gasteiger partial charge in [-0.3, -0.25) is 0 Å². The van der Waals surface area contributed by atoms with Crippen molar-refractivity contribution in [2.75, 3.05) is 11.9 Å². The van der Waals surface area contributed by atoms with Gasteiger partial charge in [0.1, 0.15) is 5.82 Å². The van der Waals surface area contributed by atoms with E-state index in [1.54, 1.807) is 11.3 Å². The zero-order valence-electron chi connectivity index (χ0n) is 8.60. The van der Waals surface area contributed by atoms with Gasteiger partial charge in [0, 0.05) is 28.9 Å². The summed E-state index contributed by atoms with van der Waals surface area (Å²) in [7, 11) is 0. The predicted octanol–water partition coefficient (Wildman–Crippen LogP) is 2.48. The van der Waals surface area contributed by atoms with Crippen molar-refractivity contribution in [1.29, 1.82) is 0 Å². The lowest BCUT2D eigenvalue weighted by atomic mass is 10.2. The SMILES string of the molecule is CC(CCO)Nc1nccc2sccc12. The van der Waals surface area contributed by atoms with Gasteiger partial charge >= 0.3 is 0 Å². The number of rotatable bonds is 4. The number of aromatic nitrogens is 1. The highest BCUT2D eigenvalue weighted by Crippen LogP contribution is 2.26. The molecule has 0 spiro atoms. The number of hydrogen-bond acceptors (Lipinski definition) is 4. The van der Waals surface area contributed by atoms with Gasteiger partial charge in [-0.2, -0.15) is 0 Å². The summed E-state index contributed by atoms with van der Waals surface area (Å²) in [4.78, 5) is 4.32. The van der Waals surface area contributed by atoms with E-state index in [1.165, 1.54) is 4.70 Å². The van der Waals surface area contributed by atoms with E-state index < -0.39 is 0 Å². The van der Waals surface area contributed by atoms with Crippen molar-refractivity contribution >= 4 is 27.2 Å². The van der Waals surface area contributed by atoms with Crippen molar-refractivity contribution in [2.24, 2.45) is 0 Å². The summed E-state index contributed by atoms with van der Waals surface area (Å²) in [6.45, 7) is 2.25. The molecular formula is C11H14N2OS. The Morgan fingerprint density at radius 2 is 2.40 bits per heavy atom. The first-order chi connectivity index (χ1) is 7.31. The summed E-state index contributed by atoms with van der Waals surface area (Å²) in [6, 6.07) is 4.33. The number of anilines is 1. The quantitative estimate of drug-likeness (QED) is 0.835. The van der Waals surface area contributed by atoms with E-state index in [0.29, 0.717) is 0 Å². The van der Waals surface area contributed by atoms with Crippen LogP contribution < -0.4 is 5.32 Å². The monoisotopic (exact) mass is 222 g/mol. The lowest BCUT2D eigenvalue weighted by Gasteiger charge is -2.13. The Morgan fingerprint density at radius 1 is 1.53 bits per heavy atom. The van der Waals surface area contributed by atoms with Gasteiger partial charge in [-0.05, 0) is 30.9 Å². The maximum absolute atomic E-state index is 8.83. The fraction of sp³-hybridized carbons (Fsp3) is 0.364. The smallest absolute Gasteiger partial charge is 0.134 e. The minimum atomic E-state index is 0.202. The Bertz CT molecular complexity index is 441. The molecule has 0 aromatic carbocycles. The molecule has 0 saturated carbocycles. The number of nitrogens with one attached hydrogen (secondary N) is 1. The Balaban J connectivity index is 2.23. The average molecular weight is 222 g/mol. The third-order valence-electron chi connectivity index (χ3n) is 2.33. The first-order valence-corrected chi connectivity index (χ1v) is 5.89. The summed E-state index contributed by atoms with van der Waals surface area (Å²) >= 11 is 1.71. The van der Waals surface area contributed by atoms with Gasteiger partial charge in [0.15, 0.2) is 0 Å². The zero-order chi connectivity index (χ0) is 10.7. The van der Waals surface area contributed by atoms with E-state index in [0.717, 1.165) is 17.6 Å². The van der Waals surface area contributed by atoms with Crippen molar-refractivity contribution in [2.45, 2.75) is 19.4 Å². The second-order valence-electron chi connectivity index (χ2n) is 3.55. The zero-order valence-corrected chi connectivity index (χ0v) is 9.42. The summed E-state index contributed by atoms with van der Waals surface area (Å²) in [5.74, 6) is 0.912. The number of aliphatic hydroxyl groups excluding tert-OH is 1. The molecule has 0 aliphatic carbocycles. The lowest BCUT2D eigenvalue weighted by molar-refractivity contribution is 0.282. The maximum atomic E-state index is 8.83. The molecule has 0 aliphatic rings. The number of aliphatic hydroxyl groups is 1. The van der Waals surface area contributed by atoms with Gasteiger partial charge in [-0.1, -0.05) is 0 Å². The molecule has 0 amide bonds. The summed E-state index contributed by atoms with van der Waals surface area (Å²) in [5.41, 5.74) is 0. The van der Waals surface area contributed by atoms with Gasteiger partial charge in [0.25, 0.3) is 0 Å². The van der Waals surface area contributed by atoms with Crippen molar-refractivity contribution in [3.63, 3.8) is 0 Å². The summed E-state index contributed by atoms with van der Waals surface area (Å²) in [5, 5.41) is 15.4. The van der Waals surface area contributed by atoms with Crippen LogP contribution in [0.2, 0.25) is 0 Å². The first-order valence-electron chi connectivity index (χ1n) is 5.01. The molecule has 80 valence electrons. The predicted molar refractivity (Wildman–Crippen MR) is 64.4 cm³/mol. The molecule has 0 fully saturated rings. The Labute approximate surface area is 92.8 Å². The second kappa shape index (κ2) is 4.59. The Kier molecular flexibility index (Phi) is 3.18. The molecule has 2 aromatic heterocycles. The molecule has 0 aliphatic heterocycles. The fourth-order valence-corrected chi connectivity index (χ4v) is 2.29. The third-order valence-corrected chi connectivity index (χ3v) is 3.21. The molecule has 2 aromatic rings. The molecule has 3 nitrogen and oxygen atoms in total. The molecular weight excluding hydrogens is 208 g/mol. The summed E-state index contributed by atoms with van der Waals surface area (Å²) < 4.78 is 1.24. The highest BCUT2D eigenvalue weighted by Gasteiger charge is 2.06. The van der Waals surface area contributed by atoms with Crippen molar-refractivity contribution in [1.82, 2.24) is 4.98 Å². The number of fused-ring (bicyclic) bond motifs is 1. The van der Waals surface area contributed by atoms with Crippen molar-refractivity contribution in [3.8, 4) is 0 Å². The Hall–Kier alpha value is -1.13. The van der Waals surface area contributed by atoms with E-state index in [1.807, 2.05) is 19.2 Å². The van der Waals surface area contributed by atoms with Crippen LogP contribution in [-0.2, 0) is 0 Å². The first kappa shape index (κ1) is 10.4. The molecule has 4 heteroatoms. The van der Waals surface area contributed by atoms with Crippen LogP contribution in [0.4, 0.5) is 5.82 Å². The van der Waals surface area contributed by atoms with Crippen LogP contribution in [0.3, 0.4) is 0 Å². The van der Waals surface area contributed by atoms with E-state index in [2.05, 4.69) is 21.7 Å². The third kappa shape index (κ3) is 2.27. The minimum Gasteiger partial charge on any atom is -0.396 e. The molecule has 15 heavy (non-hydrogen) atoms. The van der Waals surface area contributed by atoms with Crippen LogP contribution in [-0.4, -0.2) is 22.7 Å². The lowest BCUT2D eigenvalue weighted by Crippen LogP contribution is -2.17. The standard InChI is InChI=1S/C11H14N2OS/c1-8(3-6-14)13-11-9-4-7-15-10(9)2-5-12-11/h2,4-5,7-8,14H,3,6H2,1H3,(H,12,13). The average Bonchev–Trinajstić information content (AvgIpc) is 2.67. The van der Waals surface area contributed by atoms with Gasteiger partial charge < -0.3 is 10.4 Å². The van der Waals surface area contributed by atoms with Crippen LogP contribution in [0.1, 0.15) is 13.3 Å². The van der Waals surface area contributed by atoms with Gasteiger partial charge in [-0.25, -0.2) is 4.98 Å². The maximum Gasteiger partial charge on any atom is 0.134 e. The van der Waals surface area contributed by atoms with Crippen LogP contribution >= 0.6 is 11.3 Å².